The molecule has 4 rings (SSSR count). The first-order valence-electron chi connectivity index (χ1n) is 13.9. The summed E-state index contributed by atoms with van der Waals surface area (Å²) in [4.78, 5) is 24.1. The number of carbonyl (C=O) groups is 2. The van der Waals surface area contributed by atoms with E-state index in [1.807, 2.05) is 11.8 Å². The van der Waals surface area contributed by atoms with E-state index in [0.29, 0.717) is 19.4 Å². The normalized spacial score (nSPS) is 17.6. The average Bonchev–Trinajstić information content (AvgIpc) is 2.98. The van der Waals surface area contributed by atoms with E-state index >= 15 is 0 Å². The molecule has 0 aliphatic heterocycles. The molecule has 38 heavy (non-hydrogen) atoms. The highest BCUT2D eigenvalue weighted by molar-refractivity contribution is 8.00. The van der Waals surface area contributed by atoms with Gasteiger partial charge in [-0.1, -0.05) is 117 Å². The van der Waals surface area contributed by atoms with Crippen LogP contribution in [0, 0.1) is 11.8 Å². The van der Waals surface area contributed by atoms with E-state index in [1.54, 1.807) is 0 Å². The zero-order valence-corrected chi connectivity index (χ0v) is 22.9. The Morgan fingerprint density at radius 1 is 0.711 bits per heavy atom. The van der Waals surface area contributed by atoms with Gasteiger partial charge in [0.2, 0.25) is 5.91 Å². The van der Waals surface area contributed by atoms with E-state index in [4.69, 9.17) is 0 Å². The lowest BCUT2D eigenvalue weighted by Crippen LogP contribution is -2.40. The molecular weight excluding hydrogens is 490 g/mol. The highest BCUT2D eigenvalue weighted by atomic mass is 32.2. The topological polar surface area (TPSA) is 66.4 Å². The molecule has 4 nitrogen and oxygen atoms in total. The summed E-state index contributed by atoms with van der Waals surface area (Å²) in [5, 5.41) is 12.5. The van der Waals surface area contributed by atoms with Crippen LogP contribution in [0.2, 0.25) is 0 Å². The van der Waals surface area contributed by atoms with Crippen LogP contribution in [-0.2, 0) is 14.3 Å². The molecule has 5 heteroatoms. The minimum absolute atomic E-state index is 0.0778. The summed E-state index contributed by atoms with van der Waals surface area (Å²) >= 11 is 1.99. The van der Waals surface area contributed by atoms with E-state index in [1.165, 1.54) is 16.7 Å². The molecule has 0 spiro atoms. The molecule has 1 saturated carbocycles. The third-order valence-electron chi connectivity index (χ3n) is 7.65. The molecule has 0 saturated heterocycles. The van der Waals surface area contributed by atoms with Crippen LogP contribution in [-0.4, -0.2) is 29.3 Å². The lowest BCUT2D eigenvalue weighted by atomic mass is 9.78. The van der Waals surface area contributed by atoms with Gasteiger partial charge in [-0.05, 0) is 48.1 Å². The van der Waals surface area contributed by atoms with Crippen LogP contribution >= 0.6 is 11.8 Å². The van der Waals surface area contributed by atoms with Crippen LogP contribution < -0.4 is 5.32 Å². The summed E-state index contributed by atoms with van der Waals surface area (Å²) < 4.78 is -0.279. The van der Waals surface area contributed by atoms with Crippen LogP contribution in [0.4, 0.5) is 0 Å². The van der Waals surface area contributed by atoms with Gasteiger partial charge in [0.15, 0.2) is 0 Å². The Morgan fingerprint density at radius 2 is 1.18 bits per heavy atom. The largest absolute Gasteiger partial charge is 0.481 e. The first-order valence-corrected chi connectivity index (χ1v) is 14.9. The molecule has 0 radical (unpaired) electrons. The minimum Gasteiger partial charge on any atom is -0.481 e. The molecule has 3 aromatic carbocycles. The second-order valence-electron chi connectivity index (χ2n) is 10.2. The van der Waals surface area contributed by atoms with Gasteiger partial charge in [0.25, 0.3) is 0 Å². The summed E-state index contributed by atoms with van der Waals surface area (Å²) in [5.41, 5.74) is 3.85. The van der Waals surface area contributed by atoms with Crippen molar-refractivity contribution in [2.24, 2.45) is 11.8 Å². The maximum absolute atomic E-state index is 12.6. The molecule has 1 aliphatic rings. The Hall–Kier alpha value is -3.05. The molecule has 0 unspecified atom stereocenters. The van der Waals surface area contributed by atoms with Crippen molar-refractivity contribution >= 4 is 23.6 Å². The third kappa shape index (κ3) is 6.87. The number of unbranched alkanes of at least 4 members (excludes halogenated alkanes) is 3. The lowest BCUT2D eigenvalue weighted by molar-refractivity contribution is -0.148. The highest BCUT2D eigenvalue weighted by Crippen LogP contribution is 2.48. The zero-order valence-electron chi connectivity index (χ0n) is 22.1. The average molecular weight is 530 g/mol. The van der Waals surface area contributed by atoms with E-state index in [-0.39, 0.29) is 16.6 Å². The molecule has 1 fully saturated rings. The van der Waals surface area contributed by atoms with Gasteiger partial charge in [-0.15, -0.1) is 11.8 Å². The number of aliphatic carboxylic acids is 1. The van der Waals surface area contributed by atoms with E-state index in [9.17, 15) is 14.7 Å². The number of amides is 1. The van der Waals surface area contributed by atoms with Crippen molar-refractivity contribution in [3.8, 4) is 0 Å². The number of carboxylic acid groups (broad SMARTS) is 1. The summed E-state index contributed by atoms with van der Waals surface area (Å²) in [6.45, 7) is 0.622. The molecule has 3 aromatic rings. The third-order valence-corrected chi connectivity index (χ3v) is 9.28. The number of hydrogen-bond donors (Lipinski definition) is 2. The maximum atomic E-state index is 12.6. The number of hydrogen-bond acceptors (Lipinski definition) is 3. The second kappa shape index (κ2) is 14.2. The summed E-state index contributed by atoms with van der Waals surface area (Å²) in [7, 11) is 0. The van der Waals surface area contributed by atoms with Crippen LogP contribution in [0.15, 0.2) is 91.0 Å². The second-order valence-corrected chi connectivity index (χ2v) is 11.5. The Labute approximate surface area is 231 Å². The summed E-state index contributed by atoms with van der Waals surface area (Å²) in [6, 6.07) is 32.3. The fraction of sp³-hybridized carbons (Fsp3) is 0.394. The minimum atomic E-state index is -0.833. The molecule has 2 atom stereocenters. The monoisotopic (exact) mass is 529 g/mol. The fourth-order valence-electron chi connectivity index (χ4n) is 5.66. The molecule has 0 aromatic heterocycles. The number of nitrogens with one attached hydrogen (secondary N) is 1. The van der Waals surface area contributed by atoms with Crippen LogP contribution in [0.5, 0.6) is 0 Å². The summed E-state index contributed by atoms with van der Waals surface area (Å²) in [5.74, 6) is -0.793. The summed E-state index contributed by atoms with van der Waals surface area (Å²) in [6.07, 6.45) is 7.29. The van der Waals surface area contributed by atoms with Crippen molar-refractivity contribution in [2.45, 2.75) is 56.1 Å². The first-order chi connectivity index (χ1) is 18.6. The Kier molecular flexibility index (Phi) is 10.5. The predicted molar refractivity (Wildman–Crippen MR) is 156 cm³/mol. The predicted octanol–water partition coefficient (Wildman–Crippen LogP) is 7.28. The molecule has 1 amide bonds. The molecule has 200 valence electrons. The van der Waals surface area contributed by atoms with E-state index < -0.39 is 11.9 Å². The molecule has 0 bridgehead atoms. The van der Waals surface area contributed by atoms with E-state index in [0.717, 1.165) is 44.3 Å². The smallest absolute Gasteiger partial charge is 0.307 e. The number of carbonyl (C=O) groups excluding carboxylic acids is 1. The molecule has 0 heterocycles. The van der Waals surface area contributed by atoms with Gasteiger partial charge in [0, 0.05) is 6.54 Å². The van der Waals surface area contributed by atoms with Crippen LogP contribution in [0.1, 0.15) is 68.1 Å². The van der Waals surface area contributed by atoms with Gasteiger partial charge in [-0.3, -0.25) is 9.59 Å². The van der Waals surface area contributed by atoms with Crippen molar-refractivity contribution in [2.75, 3.05) is 12.3 Å². The van der Waals surface area contributed by atoms with Crippen LogP contribution in [0.3, 0.4) is 0 Å². The molecular formula is C33H39NO3S. The number of thioether (sulfide) groups is 1. The van der Waals surface area contributed by atoms with Gasteiger partial charge in [-0.2, -0.15) is 0 Å². The lowest BCUT2D eigenvalue weighted by Gasteiger charge is -2.35. The highest BCUT2D eigenvalue weighted by Gasteiger charge is 2.37. The van der Waals surface area contributed by atoms with Crippen LogP contribution in [0.25, 0.3) is 0 Å². The zero-order chi connectivity index (χ0) is 26.6. The number of rotatable bonds is 13. The Morgan fingerprint density at radius 3 is 1.68 bits per heavy atom. The van der Waals surface area contributed by atoms with E-state index in [2.05, 4.69) is 96.3 Å². The first kappa shape index (κ1) is 28.0. The van der Waals surface area contributed by atoms with Gasteiger partial charge in [0.1, 0.15) is 0 Å². The number of carboxylic acids is 1. The van der Waals surface area contributed by atoms with Gasteiger partial charge in [0.05, 0.1) is 16.6 Å². The maximum Gasteiger partial charge on any atom is 0.307 e. The van der Waals surface area contributed by atoms with Crippen molar-refractivity contribution in [3.05, 3.63) is 108 Å². The van der Waals surface area contributed by atoms with Gasteiger partial charge in [-0.25, -0.2) is 0 Å². The van der Waals surface area contributed by atoms with Gasteiger partial charge < -0.3 is 10.4 Å². The van der Waals surface area contributed by atoms with Crippen molar-refractivity contribution in [1.29, 1.82) is 0 Å². The quantitative estimate of drug-likeness (QED) is 0.180. The fourth-order valence-corrected chi connectivity index (χ4v) is 7.22. The van der Waals surface area contributed by atoms with Crippen molar-refractivity contribution in [1.82, 2.24) is 5.32 Å². The Balaban J connectivity index is 1.32. The standard InChI is InChI=1S/C33H39NO3S/c35-31(29-22-12-13-23-30(29)32(36)37)34-24-14-1-2-15-25-38-33(26-16-6-3-7-17-26,27-18-8-4-9-19-27)28-20-10-5-11-21-28/h3-11,16-21,29-30H,1-2,12-15,22-25H2,(H,34,35)(H,36,37)/t29-,30+/m0/s1. The van der Waals surface area contributed by atoms with Crippen molar-refractivity contribution in [3.63, 3.8) is 0 Å². The Bertz CT molecular complexity index is 1040. The molecule has 1 aliphatic carbocycles. The van der Waals surface area contributed by atoms with Gasteiger partial charge >= 0.3 is 5.97 Å². The molecule has 2 N–H and O–H groups in total. The SMILES string of the molecule is O=C(NCCCCCCSC(c1ccccc1)(c1ccccc1)c1ccccc1)[C@H]1CCCC[C@H]1C(=O)O. The van der Waals surface area contributed by atoms with Crippen molar-refractivity contribution < 1.29 is 14.7 Å². The number of benzene rings is 3.